The molecule has 11 rings (SSSR count). The lowest BCUT2D eigenvalue weighted by molar-refractivity contribution is 0.583. The van der Waals surface area contributed by atoms with Crippen molar-refractivity contribution in [1.29, 1.82) is 0 Å². The zero-order valence-corrected chi connectivity index (χ0v) is 23.6. The zero-order valence-electron chi connectivity index (χ0n) is 23.6. The topological polar surface area (TPSA) is 67.3 Å². The molecule has 0 aliphatic heterocycles. The number of aromatic nitrogens is 3. The zero-order chi connectivity index (χ0) is 29.2. The lowest BCUT2D eigenvalue weighted by atomic mass is 10.1. The fraction of sp³-hybridized carbons (Fsp3) is 0. The predicted octanol–water partition coefficient (Wildman–Crippen LogP) is 10.5. The minimum absolute atomic E-state index is 0.747. The summed E-state index contributed by atoms with van der Waals surface area (Å²) in [5.41, 5.74) is 12.3. The molecule has 0 atom stereocenters. The summed E-state index contributed by atoms with van der Waals surface area (Å²) >= 11 is 0. The van der Waals surface area contributed by atoms with E-state index in [1.54, 1.807) is 25.1 Å². The van der Waals surface area contributed by atoms with Crippen molar-refractivity contribution < 1.29 is 17.7 Å². The number of furan rings is 4. The SMILES string of the molecule is c1ccc2cc(-n3c4ccc(-n5c6ccoc6c6occc65)cc4c4cc(-n5c6ccoc6c6occc65)ccc43)ccc2c1. The third-order valence-electron chi connectivity index (χ3n) is 9.19. The van der Waals surface area contributed by atoms with Gasteiger partial charge in [0.2, 0.25) is 0 Å². The molecule has 0 amide bonds. The Bertz CT molecular complexity index is 2690. The van der Waals surface area contributed by atoms with Crippen LogP contribution in [-0.4, -0.2) is 13.7 Å². The highest BCUT2D eigenvalue weighted by molar-refractivity contribution is 6.12. The molecule has 0 aliphatic rings. The highest BCUT2D eigenvalue weighted by Gasteiger charge is 2.21. The van der Waals surface area contributed by atoms with Crippen LogP contribution in [0.25, 0.3) is 94.0 Å². The Hall–Kier alpha value is -6.34. The quantitative estimate of drug-likeness (QED) is 0.208. The van der Waals surface area contributed by atoms with Gasteiger partial charge in [-0.2, -0.15) is 0 Å². The van der Waals surface area contributed by atoms with E-state index in [2.05, 4.69) is 92.6 Å². The summed E-state index contributed by atoms with van der Waals surface area (Å²) in [7, 11) is 0. The van der Waals surface area contributed by atoms with Crippen LogP contribution >= 0.6 is 0 Å². The number of nitrogens with zero attached hydrogens (tertiary/aromatic N) is 3. The average Bonchev–Trinajstić information content (AvgIpc) is 3.91. The lowest BCUT2D eigenvalue weighted by Crippen LogP contribution is -1.96. The Morgan fingerprint density at radius 1 is 0.333 bits per heavy atom. The van der Waals surface area contributed by atoms with Crippen molar-refractivity contribution in [3.05, 3.63) is 128 Å². The Morgan fingerprint density at radius 3 is 1.22 bits per heavy atom. The third-order valence-corrected chi connectivity index (χ3v) is 9.19. The van der Waals surface area contributed by atoms with E-state index in [4.69, 9.17) is 17.7 Å². The normalized spacial score (nSPS) is 12.4. The maximum absolute atomic E-state index is 5.82. The van der Waals surface area contributed by atoms with E-state index in [0.717, 1.165) is 83.3 Å². The molecule has 0 saturated heterocycles. The van der Waals surface area contributed by atoms with Crippen LogP contribution in [0.5, 0.6) is 0 Å². The molecule has 0 N–H and O–H groups in total. The van der Waals surface area contributed by atoms with Crippen LogP contribution in [0, 0.1) is 0 Å². The maximum atomic E-state index is 5.82. The van der Waals surface area contributed by atoms with Gasteiger partial charge in [0.15, 0.2) is 22.3 Å². The summed E-state index contributed by atoms with van der Waals surface area (Å²) < 4.78 is 30.1. The van der Waals surface area contributed by atoms with Crippen LogP contribution in [0.2, 0.25) is 0 Å². The van der Waals surface area contributed by atoms with Crippen molar-refractivity contribution in [3.63, 3.8) is 0 Å². The number of fused-ring (bicyclic) bond motifs is 10. The summed E-state index contributed by atoms with van der Waals surface area (Å²) in [5, 5.41) is 4.69. The number of rotatable bonds is 3. The molecule has 0 aliphatic carbocycles. The maximum Gasteiger partial charge on any atom is 0.195 e. The first-order valence-electron chi connectivity index (χ1n) is 14.8. The predicted molar refractivity (Wildman–Crippen MR) is 176 cm³/mol. The Balaban J connectivity index is 1.24. The fourth-order valence-corrected chi connectivity index (χ4v) is 7.28. The van der Waals surface area contributed by atoms with Crippen LogP contribution in [0.1, 0.15) is 0 Å². The molecule has 0 unspecified atom stereocenters. The average molecular weight is 584 g/mol. The van der Waals surface area contributed by atoms with Crippen molar-refractivity contribution in [3.8, 4) is 17.1 Å². The molecule has 11 aromatic rings. The molecule has 0 saturated carbocycles. The van der Waals surface area contributed by atoms with Gasteiger partial charge in [-0.1, -0.05) is 30.3 Å². The summed E-state index contributed by atoms with van der Waals surface area (Å²) in [6.07, 6.45) is 6.85. The van der Waals surface area contributed by atoms with E-state index in [9.17, 15) is 0 Å². The van der Waals surface area contributed by atoms with Gasteiger partial charge < -0.3 is 31.4 Å². The van der Waals surface area contributed by atoms with Gasteiger partial charge in [0.05, 0.1) is 58.2 Å². The van der Waals surface area contributed by atoms with Crippen molar-refractivity contribution in [2.24, 2.45) is 0 Å². The first-order chi connectivity index (χ1) is 22.3. The largest absolute Gasteiger partial charge is 0.459 e. The van der Waals surface area contributed by atoms with Crippen LogP contribution in [0.4, 0.5) is 0 Å². The Labute approximate surface area is 253 Å². The Kier molecular flexibility index (Phi) is 4.21. The van der Waals surface area contributed by atoms with Gasteiger partial charge in [0, 0.05) is 52.1 Å². The summed E-state index contributed by atoms with van der Waals surface area (Å²) in [6.45, 7) is 0. The highest BCUT2D eigenvalue weighted by Crippen LogP contribution is 2.40. The van der Waals surface area contributed by atoms with Crippen molar-refractivity contribution in [1.82, 2.24) is 13.7 Å². The molecule has 7 heteroatoms. The Morgan fingerprint density at radius 2 is 0.733 bits per heavy atom. The smallest absolute Gasteiger partial charge is 0.195 e. The van der Waals surface area contributed by atoms with E-state index >= 15 is 0 Å². The van der Waals surface area contributed by atoms with Gasteiger partial charge in [-0.15, -0.1) is 0 Å². The minimum Gasteiger partial charge on any atom is -0.459 e. The summed E-state index contributed by atoms with van der Waals surface area (Å²) in [6, 6.07) is 36.4. The molecule has 7 nitrogen and oxygen atoms in total. The second kappa shape index (κ2) is 8.18. The molecule has 0 radical (unpaired) electrons. The van der Waals surface area contributed by atoms with Crippen molar-refractivity contribution in [2.45, 2.75) is 0 Å². The fourth-order valence-electron chi connectivity index (χ4n) is 7.28. The molecule has 7 aromatic heterocycles. The molecule has 7 heterocycles. The first-order valence-corrected chi connectivity index (χ1v) is 14.8. The van der Waals surface area contributed by atoms with Gasteiger partial charge in [-0.05, 0) is 59.3 Å². The summed E-state index contributed by atoms with van der Waals surface area (Å²) in [4.78, 5) is 0. The molecule has 45 heavy (non-hydrogen) atoms. The van der Waals surface area contributed by atoms with Gasteiger partial charge >= 0.3 is 0 Å². The minimum atomic E-state index is 0.747. The van der Waals surface area contributed by atoms with Crippen LogP contribution in [-0.2, 0) is 0 Å². The molecular formula is C38H21N3O4. The molecule has 0 spiro atoms. The van der Waals surface area contributed by atoms with Crippen molar-refractivity contribution >= 4 is 77.0 Å². The monoisotopic (exact) mass is 583 g/mol. The number of benzene rings is 4. The highest BCUT2D eigenvalue weighted by atomic mass is 16.4. The van der Waals surface area contributed by atoms with Gasteiger partial charge in [-0.25, -0.2) is 0 Å². The molecule has 0 fully saturated rings. The molecule has 0 bridgehead atoms. The van der Waals surface area contributed by atoms with Gasteiger partial charge in [0.1, 0.15) is 0 Å². The first kappa shape index (κ1) is 23.2. The lowest BCUT2D eigenvalue weighted by Gasteiger charge is -2.11. The van der Waals surface area contributed by atoms with Crippen LogP contribution in [0.3, 0.4) is 0 Å². The molecular weight excluding hydrogens is 562 g/mol. The standard InChI is InChI=1S/C38H21N3O4/c1-2-4-23-19-24(6-5-22(23)3-1)39-29-9-7-25(40-31-11-15-42-35(31)36-32(40)12-16-43-36)20-27(29)28-21-26(8-10-30(28)39)41-33-13-17-44-37(33)38-34(41)14-18-45-38/h1-21H. The number of hydrogen-bond donors (Lipinski definition) is 0. The van der Waals surface area contributed by atoms with E-state index in [1.165, 1.54) is 10.8 Å². The second-order valence-electron chi connectivity index (χ2n) is 11.5. The van der Waals surface area contributed by atoms with Crippen LogP contribution < -0.4 is 0 Å². The van der Waals surface area contributed by atoms with Crippen molar-refractivity contribution in [2.75, 3.05) is 0 Å². The molecule has 212 valence electrons. The van der Waals surface area contributed by atoms with Crippen LogP contribution in [0.15, 0.2) is 146 Å². The van der Waals surface area contributed by atoms with E-state index < -0.39 is 0 Å². The summed E-state index contributed by atoms with van der Waals surface area (Å²) in [5.74, 6) is 0. The van der Waals surface area contributed by atoms with Gasteiger partial charge in [-0.3, -0.25) is 0 Å². The van der Waals surface area contributed by atoms with E-state index in [1.807, 2.05) is 24.3 Å². The van der Waals surface area contributed by atoms with E-state index in [0.29, 0.717) is 0 Å². The number of hydrogen-bond acceptors (Lipinski definition) is 4. The van der Waals surface area contributed by atoms with Gasteiger partial charge in [0.25, 0.3) is 0 Å². The second-order valence-corrected chi connectivity index (χ2v) is 11.5. The molecule has 4 aromatic carbocycles. The van der Waals surface area contributed by atoms with E-state index in [-0.39, 0.29) is 0 Å². The third kappa shape index (κ3) is 2.94.